The van der Waals surface area contributed by atoms with Crippen molar-refractivity contribution in [3.63, 3.8) is 0 Å². The number of benzene rings is 2. The number of hydrogen-bond donors (Lipinski definition) is 0. The quantitative estimate of drug-likeness (QED) is 0.171. The molecule has 206 valence electrons. The topological polar surface area (TPSA) is 57.2 Å². The van der Waals surface area contributed by atoms with Crippen molar-refractivity contribution in [2.45, 2.75) is 39.0 Å². The minimum atomic E-state index is -0.281. The molecule has 0 aromatic heterocycles. The van der Waals surface area contributed by atoms with E-state index in [1.807, 2.05) is 24.3 Å². The number of morpholine rings is 1. The molecule has 37 heavy (non-hydrogen) atoms. The molecule has 0 saturated carbocycles. The predicted octanol–water partition coefficient (Wildman–Crippen LogP) is 6.61. The first-order valence-corrected chi connectivity index (χ1v) is 13.7. The van der Waals surface area contributed by atoms with Gasteiger partial charge in [-0.15, -0.1) is 11.6 Å². The number of ether oxygens (including phenoxy) is 4. The Labute approximate surface area is 236 Å². The fourth-order valence-corrected chi connectivity index (χ4v) is 4.43. The molecule has 0 radical (unpaired) electrons. The second kappa shape index (κ2) is 16.3. The van der Waals surface area contributed by atoms with Gasteiger partial charge in [0.2, 0.25) is 0 Å². The minimum Gasteiger partial charge on any atom is -0.494 e. The summed E-state index contributed by atoms with van der Waals surface area (Å²) in [5, 5.41) is 1.02. The van der Waals surface area contributed by atoms with Gasteiger partial charge in [-0.2, -0.15) is 0 Å². The highest BCUT2D eigenvalue weighted by atomic mass is 35.5. The van der Waals surface area contributed by atoms with Crippen LogP contribution in [-0.2, 0) is 19.7 Å². The highest BCUT2D eigenvalue weighted by Gasteiger charge is 2.25. The number of hydrogen-bond acceptors (Lipinski definition) is 6. The van der Waals surface area contributed by atoms with Crippen LogP contribution in [0.25, 0.3) is 0 Å². The monoisotopic (exact) mass is 573 g/mol. The highest BCUT2D eigenvalue weighted by molar-refractivity contribution is 6.37. The number of alkyl halides is 1. The van der Waals surface area contributed by atoms with Crippen LogP contribution in [0, 0.1) is 0 Å². The van der Waals surface area contributed by atoms with Gasteiger partial charge in [0.05, 0.1) is 43.6 Å². The normalized spacial score (nSPS) is 13.9. The largest absolute Gasteiger partial charge is 0.494 e. The second-order valence-electron chi connectivity index (χ2n) is 9.16. The molecule has 0 atom stereocenters. The lowest BCUT2D eigenvalue weighted by atomic mass is 9.78. The van der Waals surface area contributed by atoms with Gasteiger partial charge in [0.1, 0.15) is 5.75 Å². The van der Waals surface area contributed by atoms with Gasteiger partial charge in [0.25, 0.3) is 0 Å². The fraction of sp³-hybridized carbons (Fsp3) is 0.536. The Morgan fingerprint density at radius 1 is 0.973 bits per heavy atom. The van der Waals surface area contributed by atoms with Crippen LogP contribution in [0.1, 0.15) is 44.7 Å². The summed E-state index contributed by atoms with van der Waals surface area (Å²) >= 11 is 18.7. The maximum atomic E-state index is 9.59. The van der Waals surface area contributed by atoms with Crippen molar-refractivity contribution in [1.29, 1.82) is 0 Å². The van der Waals surface area contributed by atoms with Gasteiger partial charge in [0, 0.05) is 37.9 Å². The standard InChI is InChI=1S/C25H32Cl3NO3.C3H6O2/c1-25(2,20-17-22(27)24(23(28)18-20)32-13-3-9-26)19-5-7-21(8-6-19)31-14-4-10-29-11-15-30-16-12-29;1-3(4)5-2/h5-8,17-18H,3-4,9-16H2,1-2H3;1-2H3. The van der Waals surface area contributed by atoms with Crippen molar-refractivity contribution in [2.24, 2.45) is 0 Å². The molecule has 9 heteroatoms. The van der Waals surface area contributed by atoms with E-state index in [1.54, 1.807) is 0 Å². The zero-order valence-corrected chi connectivity index (χ0v) is 24.4. The van der Waals surface area contributed by atoms with Gasteiger partial charge in [-0.3, -0.25) is 9.69 Å². The summed E-state index contributed by atoms with van der Waals surface area (Å²) in [4.78, 5) is 12.0. The zero-order chi connectivity index (χ0) is 27.3. The Morgan fingerprint density at radius 3 is 2.08 bits per heavy atom. The molecule has 0 spiro atoms. The van der Waals surface area contributed by atoms with E-state index in [2.05, 4.69) is 35.6 Å². The molecule has 2 aromatic rings. The van der Waals surface area contributed by atoms with Crippen LogP contribution >= 0.6 is 34.8 Å². The Morgan fingerprint density at radius 2 is 1.54 bits per heavy atom. The van der Waals surface area contributed by atoms with E-state index in [0.29, 0.717) is 34.9 Å². The van der Waals surface area contributed by atoms with Gasteiger partial charge in [-0.05, 0) is 48.2 Å². The maximum Gasteiger partial charge on any atom is 0.302 e. The summed E-state index contributed by atoms with van der Waals surface area (Å²) in [5.41, 5.74) is 1.90. The lowest BCUT2D eigenvalue weighted by Crippen LogP contribution is -2.37. The highest BCUT2D eigenvalue weighted by Crippen LogP contribution is 2.40. The van der Waals surface area contributed by atoms with Crippen LogP contribution in [0.3, 0.4) is 0 Å². The lowest BCUT2D eigenvalue weighted by molar-refractivity contribution is -0.137. The van der Waals surface area contributed by atoms with Crippen LogP contribution in [0.5, 0.6) is 11.5 Å². The van der Waals surface area contributed by atoms with Gasteiger partial charge in [-0.1, -0.05) is 49.2 Å². The maximum absolute atomic E-state index is 9.59. The molecular formula is C28H38Cl3NO5. The summed E-state index contributed by atoms with van der Waals surface area (Å²) in [7, 11) is 1.35. The number of halogens is 3. The SMILES string of the molecule is CC(C)(c1ccc(OCCCN2CCOCC2)cc1)c1cc(Cl)c(OCCCCl)c(Cl)c1.COC(C)=O. The van der Waals surface area contributed by atoms with E-state index in [0.717, 1.165) is 62.6 Å². The predicted molar refractivity (Wildman–Crippen MR) is 151 cm³/mol. The van der Waals surface area contributed by atoms with E-state index < -0.39 is 0 Å². The zero-order valence-electron chi connectivity index (χ0n) is 22.2. The molecule has 1 aliphatic rings. The van der Waals surface area contributed by atoms with E-state index in [9.17, 15) is 4.79 Å². The number of esters is 1. The summed E-state index contributed by atoms with van der Waals surface area (Å²) in [5.74, 6) is 1.68. The third-order valence-electron chi connectivity index (χ3n) is 6.10. The number of methoxy groups -OCH3 is 1. The Kier molecular flexibility index (Phi) is 13.9. The van der Waals surface area contributed by atoms with Crippen LogP contribution in [0.15, 0.2) is 36.4 Å². The molecule has 1 heterocycles. The number of carbonyl (C=O) groups excluding carboxylic acids is 1. The smallest absolute Gasteiger partial charge is 0.302 e. The van der Waals surface area contributed by atoms with E-state index in [1.165, 1.54) is 14.0 Å². The Bertz CT molecular complexity index is 940. The van der Waals surface area contributed by atoms with Crippen LogP contribution in [-0.4, -0.2) is 69.9 Å². The van der Waals surface area contributed by atoms with Crippen molar-refractivity contribution in [1.82, 2.24) is 4.90 Å². The van der Waals surface area contributed by atoms with Crippen molar-refractivity contribution in [3.8, 4) is 11.5 Å². The third kappa shape index (κ3) is 10.5. The molecule has 0 aliphatic carbocycles. The van der Waals surface area contributed by atoms with Gasteiger partial charge >= 0.3 is 5.97 Å². The van der Waals surface area contributed by atoms with Gasteiger partial charge in [-0.25, -0.2) is 0 Å². The molecule has 1 aliphatic heterocycles. The van der Waals surface area contributed by atoms with Gasteiger partial charge in [0.15, 0.2) is 5.75 Å². The second-order valence-corrected chi connectivity index (χ2v) is 10.4. The van der Waals surface area contributed by atoms with Crippen molar-refractivity contribution in [3.05, 3.63) is 57.6 Å². The van der Waals surface area contributed by atoms with Gasteiger partial charge < -0.3 is 18.9 Å². The average Bonchev–Trinajstić information content (AvgIpc) is 2.89. The minimum absolute atomic E-state index is 0.245. The molecular weight excluding hydrogens is 537 g/mol. The van der Waals surface area contributed by atoms with E-state index >= 15 is 0 Å². The molecule has 6 nitrogen and oxygen atoms in total. The van der Waals surface area contributed by atoms with Crippen molar-refractivity contribution >= 4 is 40.8 Å². The first-order chi connectivity index (χ1) is 17.7. The van der Waals surface area contributed by atoms with E-state index in [4.69, 9.17) is 49.0 Å². The van der Waals surface area contributed by atoms with E-state index in [-0.39, 0.29) is 11.4 Å². The molecule has 0 bridgehead atoms. The first kappa shape index (κ1) is 31.5. The summed E-state index contributed by atoms with van der Waals surface area (Å²) in [6.45, 7) is 11.6. The average molecular weight is 575 g/mol. The van der Waals surface area contributed by atoms with Crippen LogP contribution in [0.4, 0.5) is 0 Å². The van der Waals surface area contributed by atoms with Crippen LogP contribution in [0.2, 0.25) is 10.0 Å². The van der Waals surface area contributed by atoms with Crippen molar-refractivity contribution < 1.29 is 23.7 Å². The summed E-state index contributed by atoms with van der Waals surface area (Å²) in [6.07, 6.45) is 1.74. The fourth-order valence-electron chi connectivity index (χ4n) is 3.72. The molecule has 1 saturated heterocycles. The molecule has 1 fully saturated rings. The molecule has 3 rings (SSSR count). The molecule has 0 N–H and O–H groups in total. The lowest BCUT2D eigenvalue weighted by Gasteiger charge is -2.27. The first-order valence-electron chi connectivity index (χ1n) is 12.4. The Hall–Kier alpha value is -1.70. The summed E-state index contributed by atoms with van der Waals surface area (Å²) < 4.78 is 21.2. The number of carbonyl (C=O) groups is 1. The molecule has 2 aromatic carbocycles. The summed E-state index contributed by atoms with van der Waals surface area (Å²) in [6, 6.07) is 12.1. The number of nitrogens with zero attached hydrogens (tertiary/aromatic N) is 1. The molecule has 0 amide bonds. The Balaban J connectivity index is 0.000000877. The third-order valence-corrected chi connectivity index (χ3v) is 6.93. The van der Waals surface area contributed by atoms with Crippen molar-refractivity contribution in [2.75, 3.05) is 59.1 Å². The number of rotatable bonds is 11. The molecule has 0 unspecified atom stereocenters. The van der Waals surface area contributed by atoms with Crippen LogP contribution < -0.4 is 9.47 Å².